The van der Waals surface area contributed by atoms with E-state index in [2.05, 4.69) is 35.5 Å². The Bertz CT molecular complexity index is 1620. The van der Waals surface area contributed by atoms with E-state index in [-0.39, 0.29) is 17.1 Å². The van der Waals surface area contributed by atoms with Crippen LogP contribution in [0, 0.1) is 39.0 Å². The van der Waals surface area contributed by atoms with E-state index in [0.29, 0.717) is 11.4 Å². The van der Waals surface area contributed by atoms with Gasteiger partial charge in [0.05, 0.1) is 11.7 Å². The molecule has 0 saturated carbocycles. The lowest BCUT2D eigenvalue weighted by atomic mass is 10.0. The number of amides is 1. The first kappa shape index (κ1) is 20.5. The molecular formula is C26H21N5O2. The van der Waals surface area contributed by atoms with Gasteiger partial charge in [0.2, 0.25) is 0 Å². The number of aromatic nitrogens is 3. The Balaban J connectivity index is 1.61. The molecular weight excluding hydrogens is 414 g/mol. The number of rotatable bonds is 3. The number of hydrogen-bond donors (Lipinski definition) is 1. The van der Waals surface area contributed by atoms with Crippen LogP contribution < -0.4 is 5.32 Å². The first-order chi connectivity index (χ1) is 15.9. The maximum atomic E-state index is 13.1. The number of aryl methyl sites for hydroxylation is 4. The first-order valence-corrected chi connectivity index (χ1v) is 10.5. The molecule has 0 saturated heterocycles. The van der Waals surface area contributed by atoms with Crippen molar-refractivity contribution in [2.45, 2.75) is 27.7 Å². The van der Waals surface area contributed by atoms with Crippen LogP contribution in [0.3, 0.4) is 0 Å². The van der Waals surface area contributed by atoms with Crippen molar-refractivity contribution in [2.75, 3.05) is 5.32 Å². The van der Waals surface area contributed by atoms with Gasteiger partial charge in [-0.25, -0.2) is 4.98 Å². The molecule has 0 bridgehead atoms. The number of hydrogen-bond acceptors (Lipinski definition) is 5. The van der Waals surface area contributed by atoms with Crippen LogP contribution >= 0.6 is 0 Å². The van der Waals surface area contributed by atoms with E-state index in [0.717, 1.165) is 38.5 Å². The standard InChI is InChI=1S/C26H21N5O2/c1-14-9-16(3)23-20(10-14)15(2)11-22(29-23)31-25(18(12-27)13-28-31)30-26(32)24-17(4)19-7-5-6-8-21(19)33-24/h5-11,13H,1-4H3,(H,30,32). The highest BCUT2D eigenvalue weighted by Gasteiger charge is 2.22. The van der Waals surface area contributed by atoms with Gasteiger partial charge in [0.25, 0.3) is 5.91 Å². The Hall–Kier alpha value is -4.44. The number of para-hydroxylation sites is 1. The molecule has 0 aliphatic heterocycles. The molecule has 5 aromatic rings. The summed E-state index contributed by atoms with van der Waals surface area (Å²) >= 11 is 0. The quantitative estimate of drug-likeness (QED) is 0.402. The molecule has 1 amide bonds. The van der Waals surface area contributed by atoms with Crippen LogP contribution in [0.5, 0.6) is 0 Å². The van der Waals surface area contributed by atoms with Gasteiger partial charge in [0.15, 0.2) is 17.4 Å². The molecule has 0 fully saturated rings. The SMILES string of the molecule is Cc1cc(C)c2nc(-n3ncc(C#N)c3NC(=O)c3oc4ccccc4c3C)cc(C)c2c1. The van der Waals surface area contributed by atoms with E-state index in [9.17, 15) is 10.1 Å². The molecule has 3 heterocycles. The fraction of sp³-hybridized carbons (Fsp3) is 0.154. The molecule has 0 unspecified atom stereocenters. The minimum absolute atomic E-state index is 0.196. The lowest BCUT2D eigenvalue weighted by Crippen LogP contribution is -2.17. The van der Waals surface area contributed by atoms with Crippen molar-refractivity contribution < 1.29 is 9.21 Å². The molecule has 2 aromatic carbocycles. The highest BCUT2D eigenvalue weighted by molar-refractivity contribution is 6.06. The predicted molar refractivity (Wildman–Crippen MR) is 127 cm³/mol. The molecule has 33 heavy (non-hydrogen) atoms. The summed E-state index contributed by atoms with van der Waals surface area (Å²) in [6.45, 7) is 7.92. The lowest BCUT2D eigenvalue weighted by Gasteiger charge is -2.12. The monoisotopic (exact) mass is 435 g/mol. The lowest BCUT2D eigenvalue weighted by molar-refractivity contribution is 0.0997. The summed E-state index contributed by atoms with van der Waals surface area (Å²) in [5.41, 5.74) is 5.70. The third-order valence-electron chi connectivity index (χ3n) is 5.83. The Kier molecular flexibility index (Phi) is 4.72. The van der Waals surface area contributed by atoms with E-state index in [1.807, 2.05) is 51.1 Å². The number of benzene rings is 2. The second-order valence-electron chi connectivity index (χ2n) is 8.21. The zero-order valence-electron chi connectivity index (χ0n) is 18.7. The smallest absolute Gasteiger partial charge is 0.292 e. The Morgan fingerprint density at radius 3 is 2.61 bits per heavy atom. The maximum Gasteiger partial charge on any atom is 0.292 e. The number of fused-ring (bicyclic) bond motifs is 2. The van der Waals surface area contributed by atoms with Crippen molar-refractivity contribution in [2.24, 2.45) is 0 Å². The van der Waals surface area contributed by atoms with E-state index in [4.69, 9.17) is 9.40 Å². The van der Waals surface area contributed by atoms with Gasteiger partial charge >= 0.3 is 0 Å². The van der Waals surface area contributed by atoms with Crippen molar-refractivity contribution in [1.82, 2.24) is 14.8 Å². The summed E-state index contributed by atoms with van der Waals surface area (Å²) in [4.78, 5) is 18.0. The van der Waals surface area contributed by atoms with Gasteiger partial charge in [-0.15, -0.1) is 0 Å². The summed E-state index contributed by atoms with van der Waals surface area (Å²) in [6, 6.07) is 15.6. The fourth-order valence-electron chi connectivity index (χ4n) is 4.22. The molecule has 0 spiro atoms. The highest BCUT2D eigenvalue weighted by Crippen LogP contribution is 2.28. The summed E-state index contributed by atoms with van der Waals surface area (Å²) in [5, 5.41) is 18.7. The largest absolute Gasteiger partial charge is 0.451 e. The third-order valence-corrected chi connectivity index (χ3v) is 5.83. The average molecular weight is 435 g/mol. The van der Waals surface area contributed by atoms with Crippen LogP contribution in [0.25, 0.3) is 27.7 Å². The van der Waals surface area contributed by atoms with Crippen molar-refractivity contribution in [3.63, 3.8) is 0 Å². The van der Waals surface area contributed by atoms with Crippen LogP contribution in [-0.2, 0) is 0 Å². The van der Waals surface area contributed by atoms with E-state index in [1.165, 1.54) is 10.9 Å². The molecule has 7 heteroatoms. The predicted octanol–water partition coefficient (Wildman–Crippen LogP) is 5.52. The van der Waals surface area contributed by atoms with Gasteiger partial charge in [-0.3, -0.25) is 4.79 Å². The number of nitrogens with zero attached hydrogens (tertiary/aromatic N) is 4. The van der Waals surface area contributed by atoms with Crippen LogP contribution in [0.4, 0.5) is 5.82 Å². The van der Waals surface area contributed by atoms with Crippen LogP contribution in [0.1, 0.15) is 38.4 Å². The minimum Gasteiger partial charge on any atom is -0.451 e. The molecule has 5 rings (SSSR count). The minimum atomic E-state index is -0.453. The molecule has 0 aliphatic carbocycles. The van der Waals surface area contributed by atoms with Crippen molar-refractivity contribution in [1.29, 1.82) is 5.26 Å². The Morgan fingerprint density at radius 1 is 1.06 bits per heavy atom. The molecule has 1 N–H and O–H groups in total. The summed E-state index contributed by atoms with van der Waals surface area (Å²) in [6.07, 6.45) is 1.42. The molecule has 0 aliphatic rings. The topological polar surface area (TPSA) is 96.7 Å². The van der Waals surface area contributed by atoms with Gasteiger partial charge in [0.1, 0.15) is 17.2 Å². The summed E-state index contributed by atoms with van der Waals surface area (Å²) in [5.74, 6) is 0.511. The van der Waals surface area contributed by atoms with E-state index < -0.39 is 5.91 Å². The second-order valence-corrected chi connectivity index (χ2v) is 8.21. The summed E-state index contributed by atoms with van der Waals surface area (Å²) < 4.78 is 7.28. The number of carbonyl (C=O) groups is 1. The zero-order valence-corrected chi connectivity index (χ0v) is 18.7. The van der Waals surface area contributed by atoms with E-state index in [1.54, 1.807) is 0 Å². The molecule has 162 valence electrons. The van der Waals surface area contributed by atoms with Crippen molar-refractivity contribution in [3.8, 4) is 11.9 Å². The first-order valence-electron chi connectivity index (χ1n) is 10.5. The fourth-order valence-corrected chi connectivity index (χ4v) is 4.22. The number of pyridine rings is 1. The second kappa shape index (κ2) is 7.61. The maximum absolute atomic E-state index is 13.1. The highest BCUT2D eigenvalue weighted by atomic mass is 16.3. The van der Waals surface area contributed by atoms with Gasteiger partial charge in [-0.1, -0.05) is 29.8 Å². The Morgan fingerprint density at radius 2 is 1.85 bits per heavy atom. The third kappa shape index (κ3) is 3.33. The van der Waals surface area contributed by atoms with Crippen molar-refractivity contribution in [3.05, 3.63) is 82.2 Å². The molecule has 3 aromatic heterocycles. The normalized spacial score (nSPS) is 11.1. The number of furan rings is 1. The number of anilines is 1. The van der Waals surface area contributed by atoms with Gasteiger partial charge in [-0.2, -0.15) is 15.0 Å². The van der Waals surface area contributed by atoms with E-state index >= 15 is 0 Å². The Labute approximate surface area is 190 Å². The average Bonchev–Trinajstić information content (AvgIpc) is 3.35. The van der Waals surface area contributed by atoms with Gasteiger partial charge < -0.3 is 9.73 Å². The number of carbonyl (C=O) groups excluding carboxylic acids is 1. The van der Waals surface area contributed by atoms with Gasteiger partial charge in [-0.05, 0) is 57.0 Å². The number of nitriles is 1. The van der Waals surface area contributed by atoms with Crippen molar-refractivity contribution >= 4 is 33.6 Å². The number of nitrogens with one attached hydrogen (secondary N) is 1. The zero-order chi connectivity index (χ0) is 23.3. The van der Waals surface area contributed by atoms with Crippen LogP contribution in [0.15, 0.2) is 53.1 Å². The van der Waals surface area contributed by atoms with Crippen LogP contribution in [0.2, 0.25) is 0 Å². The van der Waals surface area contributed by atoms with Gasteiger partial charge in [0, 0.05) is 16.3 Å². The molecule has 0 atom stereocenters. The van der Waals surface area contributed by atoms with Crippen LogP contribution in [-0.4, -0.2) is 20.7 Å². The molecule has 0 radical (unpaired) electrons. The molecule has 7 nitrogen and oxygen atoms in total. The summed E-state index contributed by atoms with van der Waals surface area (Å²) in [7, 11) is 0.